The minimum atomic E-state index is -3.94. The van der Waals surface area contributed by atoms with E-state index in [0.29, 0.717) is 34.9 Å². The fourth-order valence-corrected chi connectivity index (χ4v) is 4.67. The summed E-state index contributed by atoms with van der Waals surface area (Å²) in [4.78, 5) is 13.7. The Morgan fingerprint density at radius 1 is 1.00 bits per heavy atom. The second-order valence-corrected chi connectivity index (χ2v) is 9.21. The Labute approximate surface area is 177 Å². The fraction of sp³-hybridized carbons (Fsp3) is 0.278. The van der Waals surface area contributed by atoms with Crippen LogP contribution in [0.25, 0.3) is 0 Å². The van der Waals surface area contributed by atoms with Gasteiger partial charge in [0.1, 0.15) is 0 Å². The molecular formula is C18H17Cl2F2N3O3S. The molecule has 0 spiro atoms. The van der Waals surface area contributed by atoms with Crippen LogP contribution in [0.3, 0.4) is 0 Å². The molecule has 0 aromatic heterocycles. The monoisotopic (exact) mass is 463 g/mol. The van der Waals surface area contributed by atoms with E-state index in [1.807, 2.05) is 0 Å². The number of benzene rings is 2. The first-order valence-electron chi connectivity index (χ1n) is 8.59. The number of sulfonamides is 1. The standard InChI is InChI=1S/C18H17Cl2F2N3O3S/c19-12-1-3-14(20)17(9-12)23-18(26)11-24-5-7-25(8-6-24)29(27,28)13-2-4-15(21)16(22)10-13/h1-4,9-10H,5-8,11H2,(H,23,26). The highest BCUT2D eigenvalue weighted by Gasteiger charge is 2.29. The van der Waals surface area contributed by atoms with Gasteiger partial charge in [0.05, 0.1) is 22.2 Å². The van der Waals surface area contributed by atoms with E-state index >= 15 is 0 Å². The highest BCUT2D eigenvalue weighted by Crippen LogP contribution is 2.25. The number of amides is 1. The number of nitrogens with zero attached hydrogens (tertiary/aromatic N) is 2. The van der Waals surface area contributed by atoms with Gasteiger partial charge in [-0.1, -0.05) is 23.2 Å². The van der Waals surface area contributed by atoms with Crippen molar-refractivity contribution in [3.63, 3.8) is 0 Å². The molecule has 1 aliphatic heterocycles. The molecule has 3 rings (SSSR count). The molecule has 156 valence electrons. The highest BCUT2D eigenvalue weighted by atomic mass is 35.5. The summed E-state index contributed by atoms with van der Waals surface area (Å²) in [6.45, 7) is 0.889. The van der Waals surface area contributed by atoms with E-state index in [9.17, 15) is 22.0 Å². The van der Waals surface area contributed by atoms with Crippen molar-refractivity contribution in [2.75, 3.05) is 38.0 Å². The van der Waals surface area contributed by atoms with Gasteiger partial charge in [-0.05, 0) is 36.4 Å². The van der Waals surface area contributed by atoms with Crippen molar-refractivity contribution in [3.05, 3.63) is 58.1 Å². The van der Waals surface area contributed by atoms with E-state index in [-0.39, 0.29) is 30.4 Å². The topological polar surface area (TPSA) is 69.7 Å². The van der Waals surface area contributed by atoms with Crippen molar-refractivity contribution in [2.24, 2.45) is 0 Å². The number of nitrogens with one attached hydrogen (secondary N) is 1. The summed E-state index contributed by atoms with van der Waals surface area (Å²) in [5, 5.41) is 3.45. The van der Waals surface area contributed by atoms with Crippen molar-refractivity contribution in [3.8, 4) is 0 Å². The molecule has 0 saturated carbocycles. The number of carbonyl (C=O) groups excluding carboxylic acids is 1. The average molecular weight is 464 g/mol. The molecular weight excluding hydrogens is 447 g/mol. The van der Waals surface area contributed by atoms with Gasteiger partial charge in [0.15, 0.2) is 11.6 Å². The zero-order valence-corrected chi connectivity index (χ0v) is 17.4. The Morgan fingerprint density at radius 3 is 2.34 bits per heavy atom. The Bertz CT molecular complexity index is 1030. The molecule has 1 aliphatic rings. The first-order valence-corrected chi connectivity index (χ1v) is 10.8. The molecule has 0 unspecified atom stereocenters. The van der Waals surface area contributed by atoms with Crippen LogP contribution in [0, 0.1) is 11.6 Å². The Balaban J connectivity index is 1.58. The maximum atomic E-state index is 13.4. The Morgan fingerprint density at radius 2 is 1.69 bits per heavy atom. The molecule has 11 heteroatoms. The average Bonchev–Trinajstić information content (AvgIpc) is 2.67. The third-order valence-electron chi connectivity index (χ3n) is 4.43. The van der Waals surface area contributed by atoms with Crippen molar-refractivity contribution < 1.29 is 22.0 Å². The number of piperazine rings is 1. The predicted molar refractivity (Wildman–Crippen MR) is 107 cm³/mol. The van der Waals surface area contributed by atoms with E-state index in [2.05, 4.69) is 5.32 Å². The number of carbonyl (C=O) groups is 1. The minimum Gasteiger partial charge on any atom is -0.324 e. The molecule has 0 bridgehead atoms. The third kappa shape index (κ3) is 5.23. The molecule has 6 nitrogen and oxygen atoms in total. The Hall–Kier alpha value is -1.78. The normalized spacial score (nSPS) is 16.0. The molecule has 0 radical (unpaired) electrons. The maximum Gasteiger partial charge on any atom is 0.243 e. The Kier molecular flexibility index (Phi) is 6.75. The molecule has 2 aromatic rings. The smallest absolute Gasteiger partial charge is 0.243 e. The van der Waals surface area contributed by atoms with Crippen LogP contribution in [0.2, 0.25) is 10.0 Å². The minimum absolute atomic E-state index is 0.0436. The predicted octanol–water partition coefficient (Wildman–Crippen LogP) is 3.22. The van der Waals surface area contributed by atoms with E-state index in [0.717, 1.165) is 12.1 Å². The van der Waals surface area contributed by atoms with Crippen LogP contribution >= 0.6 is 23.2 Å². The molecule has 0 aliphatic carbocycles. The fourth-order valence-electron chi connectivity index (χ4n) is 2.90. The quantitative estimate of drug-likeness (QED) is 0.738. The lowest BCUT2D eigenvalue weighted by atomic mass is 10.3. The molecule has 2 aromatic carbocycles. The molecule has 29 heavy (non-hydrogen) atoms. The van der Waals surface area contributed by atoms with Gasteiger partial charge in [0, 0.05) is 31.2 Å². The maximum absolute atomic E-state index is 13.4. The lowest BCUT2D eigenvalue weighted by Crippen LogP contribution is -2.50. The number of halogens is 4. The van der Waals surface area contributed by atoms with Crippen LogP contribution in [-0.2, 0) is 14.8 Å². The molecule has 0 atom stereocenters. The van der Waals surface area contributed by atoms with Crippen LogP contribution in [-0.4, -0.2) is 56.3 Å². The first-order chi connectivity index (χ1) is 13.7. The molecule has 1 fully saturated rings. The van der Waals surface area contributed by atoms with Gasteiger partial charge < -0.3 is 5.32 Å². The summed E-state index contributed by atoms with van der Waals surface area (Å²) in [7, 11) is -3.94. The number of rotatable bonds is 5. The van der Waals surface area contributed by atoms with Gasteiger partial charge in [0.25, 0.3) is 0 Å². The van der Waals surface area contributed by atoms with Crippen LogP contribution in [0.1, 0.15) is 0 Å². The van der Waals surface area contributed by atoms with Crippen molar-refractivity contribution >= 4 is 44.8 Å². The first kappa shape index (κ1) is 21.9. The van der Waals surface area contributed by atoms with Gasteiger partial charge in [-0.2, -0.15) is 4.31 Å². The van der Waals surface area contributed by atoms with E-state index in [1.165, 1.54) is 10.4 Å². The molecule has 1 N–H and O–H groups in total. The van der Waals surface area contributed by atoms with E-state index in [4.69, 9.17) is 23.2 Å². The van der Waals surface area contributed by atoms with Crippen molar-refractivity contribution in [1.29, 1.82) is 0 Å². The lowest BCUT2D eigenvalue weighted by Gasteiger charge is -2.33. The summed E-state index contributed by atoms with van der Waals surface area (Å²) in [5.74, 6) is -2.65. The summed E-state index contributed by atoms with van der Waals surface area (Å²) in [5.41, 5.74) is 0.392. The molecule has 1 heterocycles. The van der Waals surface area contributed by atoms with Crippen LogP contribution in [0.5, 0.6) is 0 Å². The van der Waals surface area contributed by atoms with Gasteiger partial charge in [0.2, 0.25) is 15.9 Å². The van der Waals surface area contributed by atoms with Crippen LogP contribution < -0.4 is 5.32 Å². The van der Waals surface area contributed by atoms with E-state index < -0.39 is 21.7 Å². The van der Waals surface area contributed by atoms with Gasteiger partial charge in [-0.25, -0.2) is 17.2 Å². The second kappa shape index (κ2) is 8.93. The van der Waals surface area contributed by atoms with Crippen molar-refractivity contribution in [2.45, 2.75) is 4.90 Å². The zero-order chi connectivity index (χ0) is 21.2. The van der Waals surface area contributed by atoms with E-state index in [1.54, 1.807) is 17.0 Å². The third-order valence-corrected chi connectivity index (χ3v) is 6.89. The number of hydrogen-bond donors (Lipinski definition) is 1. The van der Waals surface area contributed by atoms with Crippen molar-refractivity contribution in [1.82, 2.24) is 9.21 Å². The summed E-state index contributed by atoms with van der Waals surface area (Å²) >= 11 is 11.9. The summed E-state index contributed by atoms with van der Waals surface area (Å²) in [6.07, 6.45) is 0. The van der Waals surface area contributed by atoms with Gasteiger partial charge >= 0.3 is 0 Å². The second-order valence-electron chi connectivity index (χ2n) is 6.43. The number of anilines is 1. The highest BCUT2D eigenvalue weighted by molar-refractivity contribution is 7.89. The summed E-state index contributed by atoms with van der Waals surface area (Å²) < 4.78 is 52.8. The zero-order valence-electron chi connectivity index (χ0n) is 15.0. The van der Waals surface area contributed by atoms with Gasteiger partial charge in [-0.15, -0.1) is 0 Å². The summed E-state index contributed by atoms with van der Waals surface area (Å²) in [6, 6.07) is 7.19. The largest absolute Gasteiger partial charge is 0.324 e. The lowest BCUT2D eigenvalue weighted by molar-refractivity contribution is -0.117. The van der Waals surface area contributed by atoms with Crippen LogP contribution in [0.15, 0.2) is 41.3 Å². The van der Waals surface area contributed by atoms with Gasteiger partial charge in [-0.3, -0.25) is 9.69 Å². The molecule has 1 saturated heterocycles. The molecule has 1 amide bonds. The number of hydrogen-bond acceptors (Lipinski definition) is 4. The van der Waals surface area contributed by atoms with Crippen LogP contribution in [0.4, 0.5) is 14.5 Å². The SMILES string of the molecule is O=C(CN1CCN(S(=O)(=O)c2ccc(F)c(F)c2)CC1)Nc1cc(Cl)ccc1Cl.